The lowest BCUT2D eigenvalue weighted by molar-refractivity contribution is -0.139. The monoisotopic (exact) mass is 292 g/mol. The van der Waals surface area contributed by atoms with E-state index in [-0.39, 0.29) is 12.1 Å². The fraction of sp³-hybridized carbons (Fsp3) is 0.533. The predicted octanol–water partition coefficient (Wildman–Crippen LogP) is 1.24. The predicted molar refractivity (Wildman–Crippen MR) is 76.0 cm³/mol. The molecule has 0 aliphatic carbocycles. The molecule has 21 heavy (non-hydrogen) atoms. The molecule has 0 amide bonds. The Morgan fingerprint density at radius 2 is 2.14 bits per heavy atom. The van der Waals surface area contributed by atoms with Crippen molar-refractivity contribution < 1.29 is 19.4 Å². The summed E-state index contributed by atoms with van der Waals surface area (Å²) in [6.45, 7) is 1.42. The summed E-state index contributed by atoms with van der Waals surface area (Å²) in [5.41, 5.74) is 6.84. The van der Waals surface area contributed by atoms with Crippen molar-refractivity contribution in [2.45, 2.75) is 37.5 Å². The molecule has 0 bridgehead atoms. The number of hydrazine groups is 1. The zero-order valence-corrected chi connectivity index (χ0v) is 11.7. The summed E-state index contributed by atoms with van der Waals surface area (Å²) in [6, 6.07) is 7.24. The van der Waals surface area contributed by atoms with Crippen LogP contribution in [0.25, 0.3) is 0 Å². The fourth-order valence-corrected chi connectivity index (χ4v) is 2.70. The molecule has 0 radical (unpaired) electrons. The van der Waals surface area contributed by atoms with Crippen LogP contribution in [0.3, 0.4) is 0 Å². The van der Waals surface area contributed by atoms with Gasteiger partial charge in [-0.25, -0.2) is 10.9 Å². The number of ether oxygens (including phenoxy) is 2. The first-order valence-corrected chi connectivity index (χ1v) is 7.30. The summed E-state index contributed by atoms with van der Waals surface area (Å²) in [5.74, 6) is -0.0171. The molecule has 2 saturated heterocycles. The maximum atomic E-state index is 10.9. The van der Waals surface area contributed by atoms with Gasteiger partial charge in [0, 0.05) is 12.6 Å². The van der Waals surface area contributed by atoms with E-state index >= 15 is 0 Å². The third kappa shape index (κ3) is 3.53. The zero-order chi connectivity index (χ0) is 14.7. The van der Waals surface area contributed by atoms with Crippen LogP contribution < -0.4 is 15.6 Å². The standard InChI is InChI=1S/C15H20N2O4/c18-15(19)14-8-13(16-17-14)10-3-5-11(6-4-10)21-9-12-2-1-7-20-12/h3-6,12-14,16-17H,1-2,7-9H2,(H,18,19). The van der Waals surface area contributed by atoms with Gasteiger partial charge in [-0.3, -0.25) is 4.79 Å². The Labute approximate surface area is 123 Å². The molecule has 3 atom stereocenters. The molecular weight excluding hydrogens is 272 g/mol. The van der Waals surface area contributed by atoms with Crippen molar-refractivity contribution in [2.24, 2.45) is 0 Å². The van der Waals surface area contributed by atoms with Gasteiger partial charge in [0.15, 0.2) is 0 Å². The van der Waals surface area contributed by atoms with Crippen molar-refractivity contribution in [2.75, 3.05) is 13.2 Å². The average molecular weight is 292 g/mol. The highest BCUT2D eigenvalue weighted by Gasteiger charge is 2.29. The minimum absolute atomic E-state index is 0.0123. The van der Waals surface area contributed by atoms with Gasteiger partial charge in [-0.1, -0.05) is 12.1 Å². The third-order valence-electron chi connectivity index (χ3n) is 3.94. The van der Waals surface area contributed by atoms with E-state index in [0.717, 1.165) is 30.8 Å². The minimum Gasteiger partial charge on any atom is -0.491 e. The van der Waals surface area contributed by atoms with Crippen molar-refractivity contribution in [1.82, 2.24) is 10.9 Å². The third-order valence-corrected chi connectivity index (χ3v) is 3.94. The molecule has 0 spiro atoms. The Morgan fingerprint density at radius 3 is 2.76 bits per heavy atom. The van der Waals surface area contributed by atoms with E-state index < -0.39 is 12.0 Å². The summed E-state index contributed by atoms with van der Waals surface area (Å²) in [5, 5.41) is 8.96. The van der Waals surface area contributed by atoms with Gasteiger partial charge in [0.2, 0.25) is 0 Å². The van der Waals surface area contributed by atoms with Gasteiger partial charge in [-0.05, 0) is 37.0 Å². The Hall–Kier alpha value is -1.63. The van der Waals surface area contributed by atoms with Crippen LogP contribution in [0.4, 0.5) is 0 Å². The molecule has 2 fully saturated rings. The molecule has 0 aromatic heterocycles. The average Bonchev–Trinajstić information content (AvgIpc) is 3.17. The first-order chi connectivity index (χ1) is 10.2. The van der Waals surface area contributed by atoms with Gasteiger partial charge in [0.25, 0.3) is 0 Å². The first kappa shape index (κ1) is 14.3. The lowest BCUT2D eigenvalue weighted by Crippen LogP contribution is -2.36. The molecule has 3 unspecified atom stereocenters. The van der Waals surface area contributed by atoms with E-state index in [1.54, 1.807) is 0 Å². The molecule has 6 nitrogen and oxygen atoms in total. The normalized spacial score (nSPS) is 28.7. The topological polar surface area (TPSA) is 79.8 Å². The molecule has 2 aliphatic heterocycles. The van der Waals surface area contributed by atoms with Gasteiger partial charge in [-0.2, -0.15) is 0 Å². The van der Waals surface area contributed by atoms with Crippen molar-refractivity contribution in [3.05, 3.63) is 29.8 Å². The van der Waals surface area contributed by atoms with Crippen LogP contribution in [0.15, 0.2) is 24.3 Å². The molecule has 2 heterocycles. The number of carboxylic acid groups (broad SMARTS) is 1. The number of hydrogen-bond acceptors (Lipinski definition) is 5. The lowest BCUT2D eigenvalue weighted by Gasteiger charge is -2.13. The molecule has 1 aromatic rings. The highest BCUT2D eigenvalue weighted by molar-refractivity contribution is 5.73. The number of aliphatic carboxylic acids is 1. The van der Waals surface area contributed by atoms with Crippen LogP contribution in [0.5, 0.6) is 5.75 Å². The Bertz CT molecular complexity index is 485. The van der Waals surface area contributed by atoms with E-state index in [1.807, 2.05) is 24.3 Å². The molecule has 6 heteroatoms. The van der Waals surface area contributed by atoms with Crippen LogP contribution in [-0.2, 0) is 9.53 Å². The lowest BCUT2D eigenvalue weighted by atomic mass is 10.0. The molecular formula is C15H20N2O4. The van der Waals surface area contributed by atoms with Crippen LogP contribution in [-0.4, -0.2) is 36.4 Å². The largest absolute Gasteiger partial charge is 0.491 e. The van der Waals surface area contributed by atoms with Gasteiger partial charge in [0.05, 0.1) is 6.10 Å². The number of nitrogens with one attached hydrogen (secondary N) is 2. The fourth-order valence-electron chi connectivity index (χ4n) is 2.70. The summed E-state index contributed by atoms with van der Waals surface area (Å²) in [7, 11) is 0. The Kier molecular flexibility index (Phi) is 4.38. The smallest absolute Gasteiger partial charge is 0.322 e. The Morgan fingerprint density at radius 1 is 1.33 bits per heavy atom. The SMILES string of the molecule is O=C(O)C1CC(c2ccc(OCC3CCCO3)cc2)NN1. The van der Waals surface area contributed by atoms with Crippen LogP contribution in [0.1, 0.15) is 30.9 Å². The van der Waals surface area contributed by atoms with Crippen molar-refractivity contribution in [3.63, 3.8) is 0 Å². The number of rotatable bonds is 5. The number of hydrogen-bond donors (Lipinski definition) is 3. The van der Waals surface area contributed by atoms with Crippen molar-refractivity contribution in [3.8, 4) is 5.75 Å². The number of carboxylic acids is 1. The second-order valence-corrected chi connectivity index (χ2v) is 5.48. The van der Waals surface area contributed by atoms with Gasteiger partial charge >= 0.3 is 5.97 Å². The molecule has 3 rings (SSSR count). The van der Waals surface area contributed by atoms with Crippen molar-refractivity contribution >= 4 is 5.97 Å². The Balaban J connectivity index is 1.53. The van der Waals surface area contributed by atoms with Gasteiger partial charge in [-0.15, -0.1) is 0 Å². The van der Waals surface area contributed by atoms with Gasteiger partial charge < -0.3 is 14.6 Å². The zero-order valence-electron chi connectivity index (χ0n) is 11.7. The van der Waals surface area contributed by atoms with Crippen LogP contribution >= 0.6 is 0 Å². The molecule has 3 N–H and O–H groups in total. The summed E-state index contributed by atoms with van der Waals surface area (Å²) in [4.78, 5) is 10.9. The van der Waals surface area contributed by atoms with E-state index in [4.69, 9.17) is 14.6 Å². The summed E-state index contributed by atoms with van der Waals surface area (Å²) < 4.78 is 11.2. The molecule has 2 aliphatic rings. The number of benzene rings is 1. The highest BCUT2D eigenvalue weighted by atomic mass is 16.5. The maximum absolute atomic E-state index is 10.9. The molecule has 114 valence electrons. The highest BCUT2D eigenvalue weighted by Crippen LogP contribution is 2.24. The van der Waals surface area contributed by atoms with E-state index in [9.17, 15) is 4.79 Å². The van der Waals surface area contributed by atoms with E-state index in [1.165, 1.54) is 0 Å². The maximum Gasteiger partial charge on any atom is 0.322 e. The van der Waals surface area contributed by atoms with E-state index in [0.29, 0.717) is 13.0 Å². The van der Waals surface area contributed by atoms with Gasteiger partial charge in [0.1, 0.15) is 18.4 Å². The quantitative estimate of drug-likeness (QED) is 0.757. The minimum atomic E-state index is -0.832. The number of carbonyl (C=O) groups is 1. The first-order valence-electron chi connectivity index (χ1n) is 7.30. The second-order valence-electron chi connectivity index (χ2n) is 5.48. The second kappa shape index (κ2) is 6.43. The summed E-state index contributed by atoms with van der Waals surface area (Å²) in [6.07, 6.45) is 2.91. The molecule has 1 aromatic carbocycles. The van der Waals surface area contributed by atoms with Crippen LogP contribution in [0.2, 0.25) is 0 Å². The molecule has 0 saturated carbocycles. The van der Waals surface area contributed by atoms with E-state index in [2.05, 4.69) is 10.9 Å². The van der Waals surface area contributed by atoms with Crippen LogP contribution in [0, 0.1) is 0 Å². The van der Waals surface area contributed by atoms with Crippen molar-refractivity contribution in [1.29, 1.82) is 0 Å². The summed E-state index contributed by atoms with van der Waals surface area (Å²) >= 11 is 0.